The normalized spacial score (nSPS) is 12.3. The zero-order valence-electron chi connectivity index (χ0n) is 48.1. The van der Waals surface area contributed by atoms with Gasteiger partial charge in [0.1, 0.15) is 22.3 Å². The van der Waals surface area contributed by atoms with Crippen molar-refractivity contribution in [3.8, 4) is 22.3 Å². The molecule has 0 atom stereocenters. The third-order valence-corrected chi connectivity index (χ3v) is 17.0. The molecule has 3 heterocycles. The number of aryl methyl sites for hydroxylation is 2. The summed E-state index contributed by atoms with van der Waals surface area (Å²) in [5, 5.41) is 10.4. The van der Waals surface area contributed by atoms with E-state index in [9.17, 15) is 0 Å². The molecule has 15 aromatic rings. The summed E-state index contributed by atoms with van der Waals surface area (Å²) >= 11 is 0. The van der Waals surface area contributed by atoms with Gasteiger partial charge in [0.15, 0.2) is 11.2 Å². The third kappa shape index (κ3) is 8.04. The fourth-order valence-corrected chi connectivity index (χ4v) is 13.1. The van der Waals surface area contributed by atoms with Gasteiger partial charge in [0, 0.05) is 76.1 Å². The Morgan fingerprint density at radius 3 is 0.976 bits per heavy atom. The minimum atomic E-state index is -0.150. The van der Waals surface area contributed by atoms with Gasteiger partial charge in [0.25, 0.3) is 0 Å². The van der Waals surface area contributed by atoms with Gasteiger partial charge < -0.3 is 23.1 Å². The van der Waals surface area contributed by atoms with Crippen molar-refractivity contribution in [1.82, 2.24) is 0 Å². The van der Waals surface area contributed by atoms with Crippen LogP contribution in [-0.2, 0) is 10.8 Å². The highest BCUT2D eigenvalue weighted by molar-refractivity contribution is 6.26. The maximum atomic E-state index is 7.43. The summed E-state index contributed by atoms with van der Waals surface area (Å²) in [6.07, 6.45) is 0. The average Bonchev–Trinajstić information content (AvgIpc) is 4.09. The van der Waals surface area contributed by atoms with Gasteiger partial charge in [-0.05, 0) is 83.3 Å². The number of anilines is 6. The first-order valence-electron chi connectivity index (χ1n) is 28.9. The van der Waals surface area contributed by atoms with Crippen molar-refractivity contribution in [3.05, 3.63) is 253 Å². The Labute approximate surface area is 483 Å². The maximum absolute atomic E-state index is 7.43. The lowest BCUT2D eigenvalue weighted by Gasteiger charge is -2.30. The second-order valence-corrected chi connectivity index (χ2v) is 24.6. The molecule has 0 radical (unpaired) electrons. The van der Waals surface area contributed by atoms with Crippen LogP contribution < -0.4 is 9.80 Å². The highest BCUT2D eigenvalue weighted by Gasteiger charge is 2.31. The summed E-state index contributed by atoms with van der Waals surface area (Å²) in [5.41, 5.74) is 19.9. The minimum absolute atomic E-state index is 0.150. The molecule has 83 heavy (non-hydrogen) atoms. The minimum Gasteiger partial charge on any atom is -0.455 e. The van der Waals surface area contributed by atoms with Crippen molar-refractivity contribution in [2.24, 2.45) is 0 Å². The predicted molar refractivity (Wildman–Crippen MR) is 350 cm³/mol. The van der Waals surface area contributed by atoms with Crippen LogP contribution in [0.2, 0.25) is 0 Å². The highest BCUT2D eigenvalue weighted by Crippen LogP contribution is 2.54. The third-order valence-electron chi connectivity index (χ3n) is 17.0. The van der Waals surface area contributed by atoms with Crippen molar-refractivity contribution in [3.63, 3.8) is 0 Å². The molecular formula is C78H62N2O3. The van der Waals surface area contributed by atoms with Crippen LogP contribution in [0, 0.1) is 13.8 Å². The smallest absolute Gasteiger partial charge is 0.159 e. The van der Waals surface area contributed by atoms with E-state index in [-0.39, 0.29) is 10.8 Å². The quantitative estimate of drug-likeness (QED) is 0.152. The molecule has 5 heteroatoms. The molecule has 0 saturated heterocycles. The molecule has 15 rings (SSSR count). The Morgan fingerprint density at radius 1 is 0.253 bits per heavy atom. The van der Waals surface area contributed by atoms with Gasteiger partial charge in [-0.15, -0.1) is 0 Å². The van der Waals surface area contributed by atoms with E-state index < -0.39 is 0 Å². The number of nitrogens with zero attached hydrogens (tertiary/aromatic N) is 2. The lowest BCUT2D eigenvalue weighted by molar-refractivity contribution is 0.572. The monoisotopic (exact) mass is 1070 g/mol. The molecule has 0 aliphatic rings. The average molecular weight is 1080 g/mol. The number of hydrogen-bond acceptors (Lipinski definition) is 5. The molecule has 0 amide bonds. The first kappa shape index (κ1) is 50.1. The fourth-order valence-electron chi connectivity index (χ4n) is 13.1. The van der Waals surface area contributed by atoms with Crippen molar-refractivity contribution >= 4 is 121 Å². The lowest BCUT2D eigenvalue weighted by Crippen LogP contribution is -2.13. The zero-order chi connectivity index (χ0) is 56.5. The van der Waals surface area contributed by atoms with Gasteiger partial charge in [-0.25, -0.2) is 0 Å². The second kappa shape index (κ2) is 18.9. The Hall–Kier alpha value is -9.84. The van der Waals surface area contributed by atoms with Crippen LogP contribution in [0.1, 0.15) is 63.8 Å². The summed E-state index contributed by atoms with van der Waals surface area (Å²) < 4.78 is 22.1. The van der Waals surface area contributed by atoms with Gasteiger partial charge in [0.05, 0.1) is 34.1 Å². The molecule has 12 aromatic carbocycles. The fraction of sp³-hybridized carbons (Fsp3) is 0.128. The van der Waals surface area contributed by atoms with Crippen LogP contribution in [0.5, 0.6) is 0 Å². The summed E-state index contributed by atoms with van der Waals surface area (Å²) in [6.45, 7) is 17.9. The van der Waals surface area contributed by atoms with Crippen LogP contribution in [0.3, 0.4) is 0 Å². The van der Waals surface area contributed by atoms with E-state index in [0.29, 0.717) is 0 Å². The Bertz CT molecular complexity index is 4760. The van der Waals surface area contributed by atoms with E-state index in [2.05, 4.69) is 296 Å². The van der Waals surface area contributed by atoms with Gasteiger partial charge in [0.2, 0.25) is 0 Å². The number of hydrogen-bond donors (Lipinski definition) is 0. The van der Waals surface area contributed by atoms with Crippen LogP contribution in [0.4, 0.5) is 34.1 Å². The molecule has 0 unspecified atom stereocenters. The van der Waals surface area contributed by atoms with E-state index in [4.69, 9.17) is 13.3 Å². The molecule has 0 N–H and O–H groups in total. The van der Waals surface area contributed by atoms with Crippen LogP contribution in [0.15, 0.2) is 244 Å². The Morgan fingerprint density at radius 2 is 0.578 bits per heavy atom. The van der Waals surface area contributed by atoms with Crippen LogP contribution >= 0.6 is 0 Å². The van der Waals surface area contributed by atoms with Crippen molar-refractivity contribution in [2.75, 3.05) is 9.80 Å². The zero-order valence-corrected chi connectivity index (χ0v) is 48.1. The molecule has 3 aromatic heterocycles. The van der Waals surface area contributed by atoms with E-state index in [1.807, 2.05) is 0 Å². The van der Waals surface area contributed by atoms with E-state index in [1.165, 1.54) is 11.1 Å². The molecule has 5 nitrogen and oxygen atoms in total. The number of rotatable bonds is 8. The molecule has 0 saturated carbocycles. The highest BCUT2D eigenvalue weighted by atomic mass is 16.3. The largest absolute Gasteiger partial charge is 0.455 e. The molecule has 0 bridgehead atoms. The first-order chi connectivity index (χ1) is 40.3. The van der Waals surface area contributed by atoms with Crippen LogP contribution in [0.25, 0.3) is 110 Å². The van der Waals surface area contributed by atoms with Gasteiger partial charge in [-0.2, -0.15) is 0 Å². The van der Waals surface area contributed by atoms with Gasteiger partial charge >= 0.3 is 0 Å². The van der Waals surface area contributed by atoms with Gasteiger partial charge in [-0.1, -0.05) is 236 Å². The van der Waals surface area contributed by atoms with Gasteiger partial charge in [-0.3, -0.25) is 0 Å². The number of furan rings is 3. The van der Waals surface area contributed by atoms with E-state index in [0.717, 1.165) is 155 Å². The summed E-state index contributed by atoms with van der Waals surface area (Å²) in [6, 6.07) is 83.8. The molecular weight excluding hydrogens is 1010 g/mol. The van der Waals surface area contributed by atoms with Crippen molar-refractivity contribution in [1.29, 1.82) is 0 Å². The first-order valence-corrected chi connectivity index (χ1v) is 28.9. The molecule has 0 fully saturated rings. The summed E-state index contributed by atoms with van der Waals surface area (Å²) in [5.74, 6) is 0. The molecule has 402 valence electrons. The molecule has 0 spiro atoms. The number of fused-ring (bicyclic) bond motifs is 13. The standard InChI is InChI=1S/C78H62N2O3/c1-47-39-41-51(49-23-11-9-12-24-49)67(43-47)79(65-37-21-33-59-57-31-19-35-63(77(3,4)5)73(57)82-75(59)65)69-45-61-62-46-70(54-28-16-18-30-56(54)72(62)81-71(61)55-29-17-15-27-53(55)69)80(68-44-48(2)40-42-52(68)50-25-13-10-14-26-50)66-38-22-34-60-58-32-20-36-64(78(6,7)8)74(58)83-76(60)66/h9-46H,1-8H3. The van der Waals surface area contributed by atoms with E-state index in [1.54, 1.807) is 0 Å². The SMILES string of the molecule is Cc1ccc(-c2ccccc2)c(N(c2cc3c4cc(N(c5cc(C)ccc5-c5ccccc5)c5cccc6c5oc5c(C(C)(C)C)cccc56)c5ccccc5c4oc3c3ccccc23)c2cccc3c2oc2c(C(C)(C)C)cccc23)c1. The maximum Gasteiger partial charge on any atom is 0.159 e. The Kier molecular flexibility index (Phi) is 11.4. The number of benzene rings is 12. The lowest BCUT2D eigenvalue weighted by atomic mass is 9.86. The van der Waals surface area contributed by atoms with Crippen molar-refractivity contribution in [2.45, 2.75) is 66.2 Å². The summed E-state index contributed by atoms with van der Waals surface area (Å²) in [4.78, 5) is 4.91. The van der Waals surface area contributed by atoms with Crippen molar-refractivity contribution < 1.29 is 13.3 Å². The summed E-state index contributed by atoms with van der Waals surface area (Å²) in [7, 11) is 0. The Balaban J connectivity index is 1.07. The predicted octanol–water partition coefficient (Wildman–Crippen LogP) is 23.2. The topological polar surface area (TPSA) is 45.9 Å². The molecule has 0 aliphatic carbocycles. The van der Waals surface area contributed by atoms with E-state index >= 15 is 0 Å². The molecule has 0 aliphatic heterocycles. The van der Waals surface area contributed by atoms with Crippen LogP contribution in [-0.4, -0.2) is 0 Å². The second-order valence-electron chi connectivity index (χ2n) is 24.6. The number of para-hydroxylation sites is 4.